The normalized spacial score (nSPS) is 18.0. The van der Waals surface area contributed by atoms with E-state index in [1.165, 1.54) is 12.3 Å². The quantitative estimate of drug-likeness (QED) is 0.793. The van der Waals surface area contributed by atoms with Crippen LogP contribution in [-0.4, -0.2) is 38.6 Å². The van der Waals surface area contributed by atoms with E-state index in [9.17, 15) is 8.42 Å². The van der Waals surface area contributed by atoms with Crippen LogP contribution in [0.1, 0.15) is 19.4 Å². The predicted octanol–water partition coefficient (Wildman–Crippen LogP) is 1.63. The van der Waals surface area contributed by atoms with Crippen molar-refractivity contribution in [2.75, 3.05) is 13.7 Å². The topological polar surface area (TPSA) is 77.9 Å². The Labute approximate surface area is 116 Å². The van der Waals surface area contributed by atoms with E-state index in [4.69, 9.17) is 16.3 Å². The molecule has 0 aliphatic carbocycles. The Balaban J connectivity index is 2.36. The number of aliphatic imine (C=N–C) groups is 1. The van der Waals surface area contributed by atoms with Crippen LogP contribution in [0.2, 0.25) is 5.02 Å². The third kappa shape index (κ3) is 2.88. The summed E-state index contributed by atoms with van der Waals surface area (Å²) in [6, 6.07) is 1.45. The molecule has 0 saturated heterocycles. The molecule has 0 aromatic carbocycles. The molecule has 8 heteroatoms. The average Bonchev–Trinajstić information content (AvgIpc) is 2.69. The summed E-state index contributed by atoms with van der Waals surface area (Å²) < 4.78 is 33.0. The summed E-state index contributed by atoms with van der Waals surface area (Å²) in [5.41, 5.74) is 0.157. The lowest BCUT2D eigenvalue weighted by Crippen LogP contribution is -2.24. The molecule has 0 amide bonds. The molecule has 0 fully saturated rings. The summed E-state index contributed by atoms with van der Waals surface area (Å²) in [7, 11) is -2.87. The van der Waals surface area contributed by atoms with Crippen LogP contribution < -0.4 is 0 Å². The number of ether oxygens (including phenoxy) is 1. The van der Waals surface area contributed by atoms with Gasteiger partial charge in [0, 0.05) is 6.20 Å². The first-order valence-corrected chi connectivity index (χ1v) is 7.24. The third-order valence-corrected chi connectivity index (χ3v) is 4.12. The van der Waals surface area contributed by atoms with Crippen LogP contribution >= 0.6 is 11.6 Å². The molecule has 0 N–H and O–H groups in total. The van der Waals surface area contributed by atoms with Gasteiger partial charge in [-0.3, -0.25) is 4.18 Å². The predicted molar refractivity (Wildman–Crippen MR) is 70.0 cm³/mol. The third-order valence-electron chi connectivity index (χ3n) is 2.49. The van der Waals surface area contributed by atoms with Gasteiger partial charge in [-0.05, 0) is 19.9 Å². The number of pyridine rings is 1. The Kier molecular flexibility index (Phi) is 3.55. The number of hydrogen-bond donors (Lipinski definition) is 0. The average molecular weight is 305 g/mol. The summed E-state index contributed by atoms with van der Waals surface area (Å²) in [5, 5.41) is -0.353. The van der Waals surface area contributed by atoms with E-state index in [0.717, 1.165) is 7.11 Å². The van der Waals surface area contributed by atoms with Crippen molar-refractivity contribution in [3.8, 4) is 0 Å². The maximum absolute atomic E-state index is 11.5. The second-order valence-electron chi connectivity index (χ2n) is 4.61. The van der Waals surface area contributed by atoms with Crippen LogP contribution in [0.15, 0.2) is 22.3 Å². The van der Waals surface area contributed by atoms with E-state index in [2.05, 4.69) is 14.2 Å². The second-order valence-corrected chi connectivity index (χ2v) is 6.65. The molecule has 0 bridgehead atoms. The van der Waals surface area contributed by atoms with Crippen LogP contribution in [0.25, 0.3) is 0 Å². The summed E-state index contributed by atoms with van der Waals surface area (Å²) in [4.78, 5) is 8.03. The fourth-order valence-electron chi connectivity index (χ4n) is 1.54. The van der Waals surface area contributed by atoms with Gasteiger partial charge in [0.05, 0.1) is 24.2 Å². The lowest BCUT2D eigenvalue weighted by atomic mass is 10.1. The minimum atomic E-state index is -3.92. The lowest BCUT2D eigenvalue weighted by molar-refractivity contribution is 0.131. The van der Waals surface area contributed by atoms with Gasteiger partial charge < -0.3 is 4.74 Å². The number of hydrogen-bond acceptors (Lipinski definition) is 6. The Morgan fingerprint density at radius 3 is 2.63 bits per heavy atom. The maximum atomic E-state index is 11.5. The number of nitrogens with zero attached hydrogens (tertiary/aromatic N) is 2. The van der Waals surface area contributed by atoms with Gasteiger partial charge in [-0.25, -0.2) is 9.98 Å². The SMILES string of the molecule is COS(=O)(=O)c1ncc(C2=NCC(C)(C)O2)cc1Cl. The molecule has 1 aliphatic rings. The van der Waals surface area contributed by atoms with Crippen LogP contribution in [0.3, 0.4) is 0 Å². The van der Waals surface area contributed by atoms with Crippen molar-refractivity contribution in [2.45, 2.75) is 24.5 Å². The van der Waals surface area contributed by atoms with Crippen LogP contribution in [0.4, 0.5) is 0 Å². The van der Waals surface area contributed by atoms with E-state index in [1.54, 1.807) is 0 Å². The molecule has 1 aromatic rings. The zero-order valence-electron chi connectivity index (χ0n) is 10.7. The van der Waals surface area contributed by atoms with Crippen molar-refractivity contribution < 1.29 is 17.3 Å². The Bertz CT molecular complexity index is 640. The zero-order chi connectivity index (χ0) is 14.3. The molecule has 0 atom stereocenters. The van der Waals surface area contributed by atoms with E-state index in [1.807, 2.05) is 13.8 Å². The fraction of sp³-hybridized carbons (Fsp3) is 0.455. The second kappa shape index (κ2) is 4.73. The fourth-order valence-corrected chi connectivity index (χ4v) is 2.63. The van der Waals surface area contributed by atoms with Gasteiger partial charge in [0.1, 0.15) is 5.60 Å². The summed E-state index contributed by atoms with van der Waals surface area (Å²) in [6.45, 7) is 4.34. The molecule has 104 valence electrons. The smallest absolute Gasteiger partial charge is 0.315 e. The molecule has 0 saturated carbocycles. The van der Waals surface area contributed by atoms with Gasteiger partial charge in [-0.15, -0.1) is 0 Å². The molecule has 2 heterocycles. The Hall–Kier alpha value is -1.18. The summed E-state index contributed by atoms with van der Waals surface area (Å²) in [6.07, 6.45) is 1.35. The minimum absolute atomic E-state index is 0.0321. The van der Waals surface area contributed by atoms with Crippen molar-refractivity contribution in [3.63, 3.8) is 0 Å². The number of aromatic nitrogens is 1. The highest BCUT2D eigenvalue weighted by atomic mass is 35.5. The summed E-state index contributed by atoms with van der Waals surface area (Å²) in [5.74, 6) is 0.403. The lowest BCUT2D eigenvalue weighted by Gasteiger charge is -2.17. The van der Waals surface area contributed by atoms with Crippen molar-refractivity contribution >= 4 is 27.6 Å². The van der Waals surface area contributed by atoms with Gasteiger partial charge in [0.15, 0.2) is 0 Å². The first kappa shape index (κ1) is 14.2. The van der Waals surface area contributed by atoms with Gasteiger partial charge in [-0.2, -0.15) is 8.42 Å². The highest BCUT2D eigenvalue weighted by molar-refractivity contribution is 7.86. The molecule has 1 aliphatic heterocycles. The molecule has 19 heavy (non-hydrogen) atoms. The van der Waals surface area contributed by atoms with Gasteiger partial charge >= 0.3 is 10.1 Å². The van der Waals surface area contributed by atoms with E-state index < -0.39 is 10.1 Å². The van der Waals surface area contributed by atoms with Gasteiger partial charge in [-0.1, -0.05) is 11.6 Å². The van der Waals surface area contributed by atoms with E-state index in [0.29, 0.717) is 18.0 Å². The first-order chi connectivity index (χ1) is 8.75. The molecular formula is C11H13ClN2O4S. The Morgan fingerprint density at radius 1 is 1.47 bits per heavy atom. The van der Waals surface area contributed by atoms with Crippen molar-refractivity contribution in [1.29, 1.82) is 0 Å². The van der Waals surface area contributed by atoms with E-state index >= 15 is 0 Å². The first-order valence-electron chi connectivity index (χ1n) is 5.45. The minimum Gasteiger partial charge on any atom is -0.469 e. The standard InChI is InChI=1S/C11H13ClN2O4S/c1-11(2)6-14-9(18-11)7-4-8(12)10(13-5-7)19(15,16)17-3/h4-5H,6H2,1-3H3. The Morgan fingerprint density at radius 2 is 2.16 bits per heavy atom. The molecule has 0 radical (unpaired) electrons. The van der Waals surface area contributed by atoms with E-state index in [-0.39, 0.29) is 15.6 Å². The van der Waals surface area contributed by atoms with Crippen LogP contribution in [0.5, 0.6) is 0 Å². The van der Waals surface area contributed by atoms with Gasteiger partial charge in [0.2, 0.25) is 10.9 Å². The van der Waals surface area contributed by atoms with Crippen molar-refractivity contribution in [2.24, 2.45) is 4.99 Å². The highest BCUT2D eigenvalue weighted by Crippen LogP contribution is 2.25. The molecule has 0 spiro atoms. The van der Waals surface area contributed by atoms with Crippen molar-refractivity contribution in [1.82, 2.24) is 4.98 Å². The monoisotopic (exact) mass is 304 g/mol. The molecule has 1 aromatic heterocycles. The number of halogens is 1. The molecule has 0 unspecified atom stereocenters. The van der Waals surface area contributed by atoms with Crippen LogP contribution in [-0.2, 0) is 19.0 Å². The van der Waals surface area contributed by atoms with Gasteiger partial charge in [0.25, 0.3) is 0 Å². The number of rotatable bonds is 3. The van der Waals surface area contributed by atoms with Crippen molar-refractivity contribution in [3.05, 3.63) is 22.8 Å². The largest absolute Gasteiger partial charge is 0.469 e. The molecule has 2 rings (SSSR count). The highest BCUT2D eigenvalue weighted by Gasteiger charge is 2.29. The van der Waals surface area contributed by atoms with Crippen LogP contribution in [0, 0.1) is 0 Å². The molecular weight excluding hydrogens is 292 g/mol. The summed E-state index contributed by atoms with van der Waals surface area (Å²) >= 11 is 5.91. The maximum Gasteiger partial charge on any atom is 0.315 e. The molecule has 6 nitrogen and oxygen atoms in total. The zero-order valence-corrected chi connectivity index (χ0v) is 12.2.